The molecule has 94 valence electrons. The summed E-state index contributed by atoms with van der Waals surface area (Å²) in [4.78, 5) is 14.2. The van der Waals surface area contributed by atoms with Crippen molar-refractivity contribution in [1.29, 1.82) is 0 Å². The normalized spacial score (nSPS) is 10.8. The largest absolute Gasteiger partial charge is 0.478 e. The average molecular weight is 251 g/mol. The van der Waals surface area contributed by atoms with Gasteiger partial charge in [-0.2, -0.15) is 0 Å². The van der Waals surface area contributed by atoms with Gasteiger partial charge in [0.1, 0.15) is 0 Å². The molecule has 19 heavy (non-hydrogen) atoms. The third kappa shape index (κ3) is 1.99. The third-order valence-electron chi connectivity index (χ3n) is 3.33. The summed E-state index contributed by atoms with van der Waals surface area (Å²) in [5, 5.41) is 10.2. The van der Waals surface area contributed by atoms with Crippen LogP contribution in [0.4, 0.5) is 0 Å². The predicted octanol–water partition coefficient (Wildman–Crippen LogP) is 3.84. The summed E-state index contributed by atoms with van der Waals surface area (Å²) in [5.41, 5.74) is 4.53. The minimum atomic E-state index is -0.902. The van der Waals surface area contributed by atoms with Crippen LogP contribution in [-0.4, -0.2) is 16.1 Å². The van der Waals surface area contributed by atoms with Gasteiger partial charge in [-0.3, -0.25) is 0 Å². The van der Waals surface area contributed by atoms with Crippen LogP contribution in [0.1, 0.15) is 15.9 Å². The summed E-state index contributed by atoms with van der Waals surface area (Å²) in [6.45, 7) is 2.05. The van der Waals surface area contributed by atoms with Crippen LogP contribution in [0.25, 0.3) is 22.0 Å². The van der Waals surface area contributed by atoms with E-state index >= 15 is 0 Å². The lowest BCUT2D eigenvalue weighted by molar-refractivity contribution is 0.0697. The van der Waals surface area contributed by atoms with Gasteiger partial charge in [-0.05, 0) is 47.9 Å². The van der Waals surface area contributed by atoms with Gasteiger partial charge in [0.25, 0.3) is 0 Å². The molecule has 0 aliphatic carbocycles. The van der Waals surface area contributed by atoms with Gasteiger partial charge in [0.05, 0.1) is 5.56 Å². The first kappa shape index (κ1) is 11.5. The fourth-order valence-electron chi connectivity index (χ4n) is 2.27. The Labute approximate surface area is 110 Å². The smallest absolute Gasteiger partial charge is 0.335 e. The molecule has 3 heteroatoms. The average Bonchev–Trinajstić information content (AvgIpc) is 2.80. The molecule has 1 heterocycles. The molecule has 0 radical (unpaired) electrons. The Hall–Kier alpha value is -2.55. The molecule has 0 saturated heterocycles. The van der Waals surface area contributed by atoms with Crippen molar-refractivity contribution in [3.05, 3.63) is 59.8 Å². The van der Waals surface area contributed by atoms with E-state index in [9.17, 15) is 4.79 Å². The molecule has 3 rings (SSSR count). The number of aromatic carboxylic acids is 1. The van der Waals surface area contributed by atoms with Crippen molar-refractivity contribution in [2.24, 2.45) is 0 Å². The highest BCUT2D eigenvalue weighted by Gasteiger charge is 2.06. The molecule has 2 N–H and O–H groups in total. The Balaban J connectivity index is 2.15. The van der Waals surface area contributed by atoms with Crippen molar-refractivity contribution >= 4 is 16.9 Å². The van der Waals surface area contributed by atoms with E-state index < -0.39 is 5.97 Å². The molecule has 0 saturated carbocycles. The van der Waals surface area contributed by atoms with Gasteiger partial charge in [-0.25, -0.2) is 4.79 Å². The number of rotatable bonds is 2. The standard InChI is InChI=1S/C16H13NO2/c1-10-9-17-15-6-5-12(8-14(10)15)11-3-2-4-13(7-11)16(18)19/h2-9,17H,1H3,(H,18,19). The van der Waals surface area contributed by atoms with Crippen LogP contribution in [0.5, 0.6) is 0 Å². The van der Waals surface area contributed by atoms with E-state index in [1.165, 1.54) is 10.9 Å². The molecule has 0 atom stereocenters. The zero-order valence-electron chi connectivity index (χ0n) is 10.5. The maximum absolute atomic E-state index is 11.0. The highest BCUT2D eigenvalue weighted by atomic mass is 16.4. The number of aryl methyl sites for hydroxylation is 1. The highest BCUT2D eigenvalue weighted by molar-refractivity contribution is 5.91. The molecular formula is C16H13NO2. The first-order valence-electron chi connectivity index (χ1n) is 6.06. The van der Waals surface area contributed by atoms with Gasteiger partial charge in [-0.15, -0.1) is 0 Å². The lowest BCUT2D eigenvalue weighted by Gasteiger charge is -2.04. The second kappa shape index (κ2) is 4.28. The van der Waals surface area contributed by atoms with Crippen molar-refractivity contribution in [3.8, 4) is 11.1 Å². The zero-order valence-corrected chi connectivity index (χ0v) is 10.5. The van der Waals surface area contributed by atoms with E-state index in [2.05, 4.69) is 18.0 Å². The number of aromatic amines is 1. The molecule has 1 aromatic heterocycles. The fourth-order valence-corrected chi connectivity index (χ4v) is 2.27. The highest BCUT2D eigenvalue weighted by Crippen LogP contribution is 2.26. The van der Waals surface area contributed by atoms with Crippen LogP contribution in [-0.2, 0) is 0 Å². The summed E-state index contributed by atoms with van der Waals surface area (Å²) < 4.78 is 0. The van der Waals surface area contributed by atoms with Gasteiger partial charge in [-0.1, -0.05) is 18.2 Å². The molecule has 0 amide bonds. The number of nitrogens with one attached hydrogen (secondary N) is 1. The van der Waals surface area contributed by atoms with Crippen molar-refractivity contribution in [2.45, 2.75) is 6.92 Å². The molecule has 2 aromatic carbocycles. The molecule has 0 aliphatic heterocycles. The van der Waals surface area contributed by atoms with Gasteiger partial charge >= 0.3 is 5.97 Å². The molecule has 0 spiro atoms. The van der Waals surface area contributed by atoms with Gasteiger partial charge < -0.3 is 10.1 Å². The zero-order chi connectivity index (χ0) is 13.4. The Bertz CT molecular complexity index is 771. The molecule has 0 bridgehead atoms. The topological polar surface area (TPSA) is 53.1 Å². The van der Waals surface area contributed by atoms with Crippen LogP contribution in [0, 0.1) is 6.92 Å². The quantitative estimate of drug-likeness (QED) is 0.727. The summed E-state index contributed by atoms with van der Waals surface area (Å²) in [6, 6.07) is 13.1. The summed E-state index contributed by atoms with van der Waals surface area (Å²) >= 11 is 0. The van der Waals surface area contributed by atoms with Crippen LogP contribution in [0.15, 0.2) is 48.7 Å². The molecule has 0 fully saturated rings. The first-order chi connectivity index (χ1) is 9.15. The van der Waals surface area contributed by atoms with E-state index in [-0.39, 0.29) is 0 Å². The Morgan fingerprint density at radius 2 is 1.89 bits per heavy atom. The molecule has 3 nitrogen and oxygen atoms in total. The maximum Gasteiger partial charge on any atom is 0.335 e. The second-order valence-electron chi connectivity index (χ2n) is 4.62. The van der Waals surface area contributed by atoms with Crippen LogP contribution >= 0.6 is 0 Å². The number of hydrogen-bond acceptors (Lipinski definition) is 1. The Morgan fingerprint density at radius 3 is 2.68 bits per heavy atom. The van der Waals surface area contributed by atoms with E-state index in [4.69, 9.17) is 5.11 Å². The Morgan fingerprint density at radius 1 is 1.11 bits per heavy atom. The van der Waals surface area contributed by atoms with E-state index in [0.717, 1.165) is 16.6 Å². The minimum Gasteiger partial charge on any atom is -0.478 e. The molecule has 0 aliphatic rings. The number of carboxylic acid groups (broad SMARTS) is 1. The predicted molar refractivity (Wildman–Crippen MR) is 75.4 cm³/mol. The summed E-state index contributed by atoms with van der Waals surface area (Å²) in [5.74, 6) is -0.902. The van der Waals surface area contributed by atoms with E-state index in [1.807, 2.05) is 24.4 Å². The molecular weight excluding hydrogens is 238 g/mol. The van der Waals surface area contributed by atoms with Crippen LogP contribution in [0.2, 0.25) is 0 Å². The number of benzene rings is 2. The Kier molecular flexibility index (Phi) is 2.60. The van der Waals surface area contributed by atoms with Gasteiger partial charge in [0.15, 0.2) is 0 Å². The van der Waals surface area contributed by atoms with Crippen molar-refractivity contribution in [1.82, 2.24) is 4.98 Å². The SMILES string of the molecule is Cc1c[nH]c2ccc(-c3cccc(C(=O)O)c3)cc12. The molecule has 0 unspecified atom stereocenters. The fraction of sp³-hybridized carbons (Fsp3) is 0.0625. The van der Waals surface area contributed by atoms with Crippen LogP contribution < -0.4 is 0 Å². The lowest BCUT2D eigenvalue weighted by Crippen LogP contribution is -1.95. The number of carboxylic acids is 1. The van der Waals surface area contributed by atoms with E-state index in [1.54, 1.807) is 18.2 Å². The number of H-pyrrole nitrogens is 1. The van der Waals surface area contributed by atoms with Crippen LogP contribution in [0.3, 0.4) is 0 Å². The van der Waals surface area contributed by atoms with E-state index in [0.29, 0.717) is 5.56 Å². The summed E-state index contributed by atoms with van der Waals surface area (Å²) in [7, 11) is 0. The number of fused-ring (bicyclic) bond motifs is 1. The molecule has 3 aromatic rings. The number of carbonyl (C=O) groups is 1. The minimum absolute atomic E-state index is 0.309. The van der Waals surface area contributed by atoms with Crippen molar-refractivity contribution in [3.63, 3.8) is 0 Å². The lowest BCUT2D eigenvalue weighted by atomic mass is 10.0. The van der Waals surface area contributed by atoms with Crippen molar-refractivity contribution < 1.29 is 9.90 Å². The maximum atomic E-state index is 11.0. The van der Waals surface area contributed by atoms with Gasteiger partial charge in [0, 0.05) is 17.1 Å². The third-order valence-corrected chi connectivity index (χ3v) is 3.33. The number of hydrogen-bond donors (Lipinski definition) is 2. The monoisotopic (exact) mass is 251 g/mol. The second-order valence-corrected chi connectivity index (χ2v) is 4.62. The van der Waals surface area contributed by atoms with Gasteiger partial charge in [0.2, 0.25) is 0 Å². The summed E-state index contributed by atoms with van der Waals surface area (Å²) in [6.07, 6.45) is 1.97. The number of aromatic nitrogens is 1. The van der Waals surface area contributed by atoms with Crippen molar-refractivity contribution in [2.75, 3.05) is 0 Å². The first-order valence-corrected chi connectivity index (χ1v) is 6.06.